The predicted octanol–water partition coefficient (Wildman–Crippen LogP) is 1.93. The number of allylic oxidation sites excluding steroid dienone is 1. The number of aliphatic hydroxyl groups excluding tert-OH is 1. The van der Waals surface area contributed by atoms with Crippen molar-refractivity contribution in [2.75, 3.05) is 6.61 Å². The van der Waals surface area contributed by atoms with Crippen LogP contribution in [0.3, 0.4) is 0 Å². The van der Waals surface area contributed by atoms with Crippen molar-refractivity contribution in [2.45, 2.75) is 33.6 Å². The molecule has 1 rings (SSSR count). The molecule has 0 saturated carbocycles. The monoisotopic (exact) mass is 182 g/mol. The lowest BCUT2D eigenvalue weighted by atomic mass is 9.74. The third-order valence-corrected chi connectivity index (χ3v) is 3.37. The first-order chi connectivity index (χ1) is 6.00. The molecule has 0 spiro atoms. The highest BCUT2D eigenvalue weighted by Gasteiger charge is 2.38. The molecule has 1 N–H and O–H groups in total. The van der Waals surface area contributed by atoms with Crippen molar-refractivity contribution in [1.29, 1.82) is 0 Å². The minimum Gasteiger partial charge on any atom is -0.395 e. The van der Waals surface area contributed by atoms with Crippen LogP contribution in [0.1, 0.15) is 33.6 Å². The number of carbonyl (C=O) groups excluding carboxylic acids is 1. The van der Waals surface area contributed by atoms with E-state index in [9.17, 15) is 9.90 Å². The molecule has 74 valence electrons. The van der Waals surface area contributed by atoms with Gasteiger partial charge in [0.2, 0.25) is 0 Å². The molecule has 2 heteroatoms. The minimum absolute atomic E-state index is 0.146. The maximum atomic E-state index is 11.0. The third-order valence-electron chi connectivity index (χ3n) is 3.37. The molecule has 0 aromatic heterocycles. The van der Waals surface area contributed by atoms with E-state index >= 15 is 0 Å². The number of carbonyl (C=O) groups is 1. The molecule has 2 atom stereocenters. The summed E-state index contributed by atoms with van der Waals surface area (Å²) in [5.74, 6) is 0.516. The van der Waals surface area contributed by atoms with Crippen molar-refractivity contribution in [3.63, 3.8) is 0 Å². The van der Waals surface area contributed by atoms with Crippen molar-refractivity contribution in [2.24, 2.45) is 11.3 Å². The zero-order valence-electron chi connectivity index (χ0n) is 8.63. The molecular formula is C11H18O2. The Bertz CT molecular complexity index is 242. The van der Waals surface area contributed by atoms with E-state index in [0.29, 0.717) is 12.3 Å². The minimum atomic E-state index is -0.161. The quantitative estimate of drug-likeness (QED) is 0.677. The summed E-state index contributed by atoms with van der Waals surface area (Å²) < 4.78 is 0. The zero-order valence-corrected chi connectivity index (χ0v) is 8.63. The third kappa shape index (κ3) is 1.83. The fourth-order valence-corrected chi connectivity index (χ4v) is 2.04. The molecule has 0 heterocycles. The maximum absolute atomic E-state index is 11.0. The number of hydrogen-bond donors (Lipinski definition) is 1. The Labute approximate surface area is 79.6 Å². The number of aliphatic hydroxyl groups is 1. The fourth-order valence-electron chi connectivity index (χ4n) is 2.04. The summed E-state index contributed by atoms with van der Waals surface area (Å²) in [5, 5.41) is 9.33. The molecule has 0 aliphatic heterocycles. The van der Waals surface area contributed by atoms with Crippen LogP contribution in [0.25, 0.3) is 0 Å². The largest absolute Gasteiger partial charge is 0.395 e. The van der Waals surface area contributed by atoms with Gasteiger partial charge in [-0.05, 0) is 26.2 Å². The summed E-state index contributed by atoms with van der Waals surface area (Å²) in [6.07, 6.45) is 3.66. The molecule has 0 fully saturated rings. The van der Waals surface area contributed by atoms with Gasteiger partial charge in [-0.1, -0.05) is 18.6 Å². The van der Waals surface area contributed by atoms with E-state index in [4.69, 9.17) is 0 Å². The Hall–Kier alpha value is -0.630. The second-order valence-corrected chi connectivity index (χ2v) is 4.30. The van der Waals surface area contributed by atoms with E-state index in [1.165, 1.54) is 5.57 Å². The lowest BCUT2D eigenvalue weighted by molar-refractivity contribution is -0.118. The Morgan fingerprint density at radius 1 is 1.77 bits per heavy atom. The zero-order chi connectivity index (χ0) is 10.1. The van der Waals surface area contributed by atoms with E-state index < -0.39 is 0 Å². The summed E-state index contributed by atoms with van der Waals surface area (Å²) in [5.41, 5.74) is 1.06. The highest BCUT2D eigenvalue weighted by molar-refractivity contribution is 5.76. The lowest BCUT2D eigenvalue weighted by Crippen LogP contribution is -2.29. The summed E-state index contributed by atoms with van der Waals surface area (Å²) >= 11 is 0. The molecule has 0 radical (unpaired) electrons. The van der Waals surface area contributed by atoms with Crippen molar-refractivity contribution in [3.05, 3.63) is 11.6 Å². The van der Waals surface area contributed by atoms with E-state index in [1.807, 2.05) is 13.8 Å². The van der Waals surface area contributed by atoms with Gasteiger partial charge in [0.05, 0.1) is 6.61 Å². The molecule has 2 nitrogen and oxygen atoms in total. The molecule has 1 aliphatic carbocycles. The standard InChI is InChI=1S/C11H18O2/c1-8-4-5-10(6-9(2)13)11(8,3)7-12/h4,10,12H,5-7H2,1-3H3. The van der Waals surface area contributed by atoms with Gasteiger partial charge in [0, 0.05) is 11.8 Å². The van der Waals surface area contributed by atoms with E-state index in [2.05, 4.69) is 6.08 Å². The van der Waals surface area contributed by atoms with Crippen LogP contribution in [-0.2, 0) is 4.79 Å². The number of rotatable bonds is 3. The molecule has 0 amide bonds. The van der Waals surface area contributed by atoms with E-state index in [0.717, 1.165) is 6.42 Å². The van der Waals surface area contributed by atoms with Crippen LogP contribution in [0.2, 0.25) is 0 Å². The fraction of sp³-hybridized carbons (Fsp3) is 0.727. The summed E-state index contributed by atoms with van der Waals surface area (Å²) in [6, 6.07) is 0. The Kier molecular flexibility index (Phi) is 2.91. The van der Waals surface area contributed by atoms with Crippen LogP contribution >= 0.6 is 0 Å². The molecule has 0 bridgehead atoms. The predicted molar refractivity (Wildman–Crippen MR) is 52.4 cm³/mol. The first-order valence-electron chi connectivity index (χ1n) is 4.78. The first-order valence-corrected chi connectivity index (χ1v) is 4.78. The topological polar surface area (TPSA) is 37.3 Å². The van der Waals surface area contributed by atoms with Gasteiger partial charge in [0.1, 0.15) is 5.78 Å². The molecular weight excluding hydrogens is 164 g/mol. The van der Waals surface area contributed by atoms with Gasteiger partial charge >= 0.3 is 0 Å². The van der Waals surface area contributed by atoms with Gasteiger partial charge < -0.3 is 9.90 Å². The first kappa shape index (κ1) is 10.5. The number of ketones is 1. The molecule has 0 aromatic carbocycles. The highest BCUT2D eigenvalue weighted by Crippen LogP contribution is 2.44. The number of Topliss-reactive ketones (excluding diaryl/α,β-unsaturated/α-hetero) is 1. The molecule has 0 saturated heterocycles. The van der Waals surface area contributed by atoms with Crippen LogP contribution in [0.4, 0.5) is 0 Å². The second kappa shape index (κ2) is 3.62. The van der Waals surface area contributed by atoms with Crippen LogP contribution in [0, 0.1) is 11.3 Å². The lowest BCUT2D eigenvalue weighted by Gasteiger charge is -2.31. The van der Waals surface area contributed by atoms with E-state index in [-0.39, 0.29) is 17.8 Å². The van der Waals surface area contributed by atoms with Crippen molar-refractivity contribution in [1.82, 2.24) is 0 Å². The van der Waals surface area contributed by atoms with Gasteiger partial charge in [-0.3, -0.25) is 0 Å². The van der Waals surface area contributed by atoms with E-state index in [1.54, 1.807) is 6.92 Å². The smallest absolute Gasteiger partial charge is 0.130 e. The highest BCUT2D eigenvalue weighted by atomic mass is 16.3. The van der Waals surface area contributed by atoms with Crippen molar-refractivity contribution < 1.29 is 9.90 Å². The summed E-state index contributed by atoms with van der Waals surface area (Å²) in [4.78, 5) is 11.0. The van der Waals surface area contributed by atoms with Crippen LogP contribution in [0.5, 0.6) is 0 Å². The molecule has 0 aromatic rings. The second-order valence-electron chi connectivity index (χ2n) is 4.30. The summed E-state index contributed by atoms with van der Waals surface area (Å²) in [7, 11) is 0. The maximum Gasteiger partial charge on any atom is 0.130 e. The normalized spacial score (nSPS) is 33.2. The molecule has 1 aliphatic rings. The number of hydrogen-bond acceptors (Lipinski definition) is 2. The van der Waals surface area contributed by atoms with Gasteiger partial charge in [-0.25, -0.2) is 0 Å². The summed E-state index contributed by atoms with van der Waals surface area (Å²) in [6.45, 7) is 5.84. The van der Waals surface area contributed by atoms with Crippen molar-refractivity contribution in [3.8, 4) is 0 Å². The van der Waals surface area contributed by atoms with Crippen LogP contribution in [-0.4, -0.2) is 17.5 Å². The van der Waals surface area contributed by atoms with Gasteiger partial charge in [0.25, 0.3) is 0 Å². The molecule has 2 unspecified atom stereocenters. The Balaban J connectivity index is 2.75. The van der Waals surface area contributed by atoms with Gasteiger partial charge in [0.15, 0.2) is 0 Å². The van der Waals surface area contributed by atoms with Crippen LogP contribution < -0.4 is 0 Å². The average molecular weight is 182 g/mol. The van der Waals surface area contributed by atoms with Gasteiger partial charge in [-0.2, -0.15) is 0 Å². The Morgan fingerprint density at radius 2 is 2.38 bits per heavy atom. The van der Waals surface area contributed by atoms with Crippen molar-refractivity contribution >= 4 is 5.78 Å². The SMILES string of the molecule is CC(=O)CC1CC=C(C)C1(C)CO. The van der Waals surface area contributed by atoms with Crippen LogP contribution in [0.15, 0.2) is 11.6 Å². The Morgan fingerprint density at radius 3 is 2.85 bits per heavy atom. The van der Waals surface area contributed by atoms with Gasteiger partial charge in [-0.15, -0.1) is 0 Å². The molecule has 13 heavy (non-hydrogen) atoms. The average Bonchev–Trinajstić information content (AvgIpc) is 2.33.